The summed E-state index contributed by atoms with van der Waals surface area (Å²) in [5, 5.41) is 9.99. The lowest BCUT2D eigenvalue weighted by molar-refractivity contribution is -0.159. The number of Topliss-reactive ketones (excluding diaryl/α,β-unsaturated/α-hetero) is 2. The third kappa shape index (κ3) is 13.6. The summed E-state index contributed by atoms with van der Waals surface area (Å²) in [5.74, 6) is -2.20. The lowest BCUT2D eigenvalue weighted by Gasteiger charge is -2.29. The predicted octanol–water partition coefficient (Wildman–Crippen LogP) is 10.4. The number of benzene rings is 4. The highest BCUT2D eigenvalue weighted by Crippen LogP contribution is 2.35. The molecule has 1 N–H and O–H groups in total. The molecule has 0 aliphatic rings. The summed E-state index contributed by atoms with van der Waals surface area (Å²) < 4.78 is 16.9. The van der Waals surface area contributed by atoms with E-state index in [2.05, 4.69) is 0 Å². The molecule has 10 heteroatoms. The molecule has 0 amide bonds. The van der Waals surface area contributed by atoms with E-state index < -0.39 is 39.6 Å². The van der Waals surface area contributed by atoms with Gasteiger partial charge in [0.05, 0.1) is 28.3 Å². The Labute approximate surface area is 379 Å². The Morgan fingerprint density at radius 3 is 0.922 bits per heavy atom. The molecule has 0 bridgehead atoms. The number of carboxylic acids is 1. The van der Waals surface area contributed by atoms with Crippen molar-refractivity contribution in [3.63, 3.8) is 0 Å². The van der Waals surface area contributed by atoms with Gasteiger partial charge in [-0.15, -0.1) is 0 Å². The van der Waals surface area contributed by atoms with Gasteiger partial charge < -0.3 is 19.3 Å². The predicted molar refractivity (Wildman–Crippen MR) is 247 cm³/mol. The Bertz CT molecular complexity index is 2120. The van der Waals surface area contributed by atoms with Crippen LogP contribution in [-0.4, -0.2) is 60.4 Å². The smallest absolute Gasteiger partial charge is 0.316 e. The first-order valence-electron chi connectivity index (χ1n) is 22.6. The molecule has 0 aliphatic carbocycles. The molecule has 0 saturated heterocycles. The quantitative estimate of drug-likeness (QED) is 0.0332. The van der Waals surface area contributed by atoms with Gasteiger partial charge in [-0.25, -0.2) is 0 Å². The first-order chi connectivity index (χ1) is 30.6. The molecule has 4 atom stereocenters. The Morgan fingerprint density at radius 1 is 0.406 bits per heavy atom. The van der Waals surface area contributed by atoms with Crippen LogP contribution in [-0.2, 0) is 64.6 Å². The number of hydrogen-bond acceptors (Lipinski definition) is 9. The fourth-order valence-corrected chi connectivity index (χ4v) is 8.38. The van der Waals surface area contributed by atoms with Gasteiger partial charge in [-0.1, -0.05) is 121 Å². The normalized spacial score (nSPS) is 15.0. The van der Waals surface area contributed by atoms with Gasteiger partial charge in [0.25, 0.3) is 0 Å². The zero-order chi connectivity index (χ0) is 46.6. The van der Waals surface area contributed by atoms with Crippen molar-refractivity contribution in [3.8, 4) is 0 Å². The fraction of sp³-hybridized carbons (Fsp3) is 0.444. The highest BCUT2D eigenvalue weighted by molar-refractivity contribution is 5.85. The average molecular weight is 875 g/mol. The van der Waals surface area contributed by atoms with Crippen LogP contribution in [0.15, 0.2) is 121 Å². The second kappa shape index (κ2) is 24.2. The second-order valence-electron chi connectivity index (χ2n) is 17.6. The van der Waals surface area contributed by atoms with Crippen molar-refractivity contribution >= 4 is 35.4 Å². The van der Waals surface area contributed by atoms with Crippen LogP contribution in [0, 0.1) is 0 Å². The third-order valence-corrected chi connectivity index (χ3v) is 12.8. The van der Waals surface area contributed by atoms with Crippen LogP contribution >= 0.6 is 0 Å². The fourth-order valence-electron chi connectivity index (χ4n) is 8.38. The molecule has 4 aromatic carbocycles. The van der Waals surface area contributed by atoms with Crippen molar-refractivity contribution in [2.24, 2.45) is 0 Å². The van der Waals surface area contributed by atoms with E-state index in [4.69, 9.17) is 14.2 Å². The first kappa shape index (κ1) is 50.7. The lowest BCUT2D eigenvalue weighted by atomic mass is 9.77. The number of carbonyl (C=O) groups is 6. The van der Waals surface area contributed by atoms with E-state index in [0.29, 0.717) is 63.4 Å². The van der Waals surface area contributed by atoms with Gasteiger partial charge in [0, 0.05) is 25.7 Å². The van der Waals surface area contributed by atoms with Gasteiger partial charge in [0.15, 0.2) is 0 Å². The van der Waals surface area contributed by atoms with Crippen molar-refractivity contribution in [1.29, 1.82) is 0 Å². The minimum atomic E-state index is -1.10. The number of ether oxygens (including phenoxy) is 3. The van der Waals surface area contributed by atoms with Gasteiger partial charge in [-0.05, 0) is 108 Å². The summed E-state index contributed by atoms with van der Waals surface area (Å²) in [6.07, 6.45) is 4.26. The van der Waals surface area contributed by atoms with Crippen LogP contribution in [0.1, 0.15) is 134 Å². The minimum Gasteiger partial charge on any atom is -0.481 e. The van der Waals surface area contributed by atoms with Gasteiger partial charge in [0.2, 0.25) is 0 Å². The maximum Gasteiger partial charge on any atom is 0.316 e. The maximum atomic E-state index is 13.8. The van der Waals surface area contributed by atoms with E-state index in [1.807, 2.05) is 116 Å². The zero-order valence-corrected chi connectivity index (χ0v) is 38.3. The minimum absolute atomic E-state index is 0.000240. The standard InChI is InChI=1S/C54H66O10/c1-6-62-48(59)52(3,42-25-13-8-14-26-42)36-20-32-46(56)34-22-38-54(5,44-29-17-10-18-30-44)50(61)64-40-39-63-49(60)53(4,43-27-15-9-16-28-43)37-21-33-45(55)31-19-35-51(2,47(57)58)41-23-11-7-12-24-41/h7-18,23-30H,6,19-22,31-40H2,1-5H3,(H,57,58). The van der Waals surface area contributed by atoms with E-state index in [9.17, 15) is 33.9 Å². The summed E-state index contributed by atoms with van der Waals surface area (Å²) in [4.78, 5) is 79.0. The topological polar surface area (TPSA) is 150 Å². The molecule has 0 aromatic heterocycles. The largest absolute Gasteiger partial charge is 0.481 e. The van der Waals surface area contributed by atoms with E-state index in [1.165, 1.54) is 0 Å². The van der Waals surface area contributed by atoms with Gasteiger partial charge in [-0.3, -0.25) is 28.8 Å². The molecule has 10 nitrogen and oxygen atoms in total. The molecule has 0 fully saturated rings. The number of carbonyl (C=O) groups excluding carboxylic acids is 5. The molecule has 342 valence electrons. The van der Waals surface area contributed by atoms with Crippen molar-refractivity contribution in [1.82, 2.24) is 0 Å². The molecule has 4 rings (SSSR count). The summed E-state index contributed by atoms with van der Waals surface area (Å²) >= 11 is 0. The van der Waals surface area contributed by atoms with Crippen LogP contribution in [0.4, 0.5) is 0 Å². The van der Waals surface area contributed by atoms with Gasteiger partial charge in [-0.2, -0.15) is 0 Å². The molecule has 4 aromatic rings. The van der Waals surface area contributed by atoms with Gasteiger partial charge in [0.1, 0.15) is 24.8 Å². The Balaban J connectivity index is 1.29. The number of hydrogen-bond donors (Lipinski definition) is 1. The molecule has 4 unspecified atom stereocenters. The molecule has 0 spiro atoms. The number of rotatable bonds is 28. The SMILES string of the molecule is CCOC(=O)C(C)(CCCC(=O)CCCC(C)(C(=O)OCCOC(=O)C(C)(CCCC(=O)CCCC(C)(C(=O)O)c1ccccc1)c1ccccc1)c1ccccc1)c1ccccc1. The van der Waals surface area contributed by atoms with Crippen molar-refractivity contribution < 1.29 is 48.1 Å². The van der Waals surface area contributed by atoms with E-state index in [0.717, 1.165) is 16.7 Å². The number of aliphatic carboxylic acids is 1. The number of esters is 3. The Morgan fingerprint density at radius 2 is 0.656 bits per heavy atom. The summed E-state index contributed by atoms with van der Waals surface area (Å²) in [6.45, 7) is 8.82. The van der Waals surface area contributed by atoms with E-state index in [1.54, 1.807) is 39.8 Å². The Kier molecular flexibility index (Phi) is 19.2. The van der Waals surface area contributed by atoms with Crippen molar-refractivity contribution in [2.45, 2.75) is 133 Å². The molecule has 64 heavy (non-hydrogen) atoms. The summed E-state index contributed by atoms with van der Waals surface area (Å²) in [6, 6.07) is 37.0. The van der Waals surface area contributed by atoms with Crippen LogP contribution in [0.2, 0.25) is 0 Å². The third-order valence-electron chi connectivity index (χ3n) is 12.8. The summed E-state index contributed by atoms with van der Waals surface area (Å²) in [5.41, 5.74) is -1.10. The van der Waals surface area contributed by atoms with E-state index >= 15 is 0 Å². The molecule has 0 radical (unpaired) electrons. The summed E-state index contributed by atoms with van der Waals surface area (Å²) in [7, 11) is 0. The zero-order valence-electron chi connectivity index (χ0n) is 38.3. The number of carboxylic acid groups (broad SMARTS) is 1. The highest BCUT2D eigenvalue weighted by Gasteiger charge is 2.40. The lowest BCUT2D eigenvalue weighted by Crippen LogP contribution is -2.37. The highest BCUT2D eigenvalue weighted by atomic mass is 16.6. The first-order valence-corrected chi connectivity index (χ1v) is 22.6. The van der Waals surface area contributed by atoms with Crippen LogP contribution in [0.5, 0.6) is 0 Å². The molecule has 0 saturated carbocycles. The average Bonchev–Trinajstić information content (AvgIpc) is 3.31. The van der Waals surface area contributed by atoms with Crippen molar-refractivity contribution in [3.05, 3.63) is 144 Å². The maximum absolute atomic E-state index is 13.8. The van der Waals surface area contributed by atoms with Crippen molar-refractivity contribution in [2.75, 3.05) is 19.8 Å². The second-order valence-corrected chi connectivity index (χ2v) is 17.6. The monoisotopic (exact) mass is 874 g/mol. The molecular formula is C54H66O10. The molecular weight excluding hydrogens is 809 g/mol. The molecule has 0 aliphatic heterocycles. The van der Waals surface area contributed by atoms with E-state index in [-0.39, 0.29) is 56.6 Å². The number of ketones is 2. The van der Waals surface area contributed by atoms with Crippen LogP contribution in [0.3, 0.4) is 0 Å². The molecule has 0 heterocycles. The van der Waals surface area contributed by atoms with Crippen LogP contribution in [0.25, 0.3) is 0 Å². The Hall–Kier alpha value is -5.90. The van der Waals surface area contributed by atoms with Gasteiger partial charge >= 0.3 is 23.9 Å². The van der Waals surface area contributed by atoms with Crippen LogP contribution < -0.4 is 0 Å².